The third kappa shape index (κ3) is 1.32. The zero-order valence-electron chi connectivity index (χ0n) is 6.44. The molecule has 0 unspecified atom stereocenters. The van der Waals surface area contributed by atoms with Crippen LogP contribution in [0.25, 0.3) is 11.3 Å². The van der Waals surface area contributed by atoms with Crippen molar-refractivity contribution in [1.29, 1.82) is 0 Å². The lowest BCUT2D eigenvalue weighted by atomic mass is 10.2. The highest BCUT2D eigenvalue weighted by Gasteiger charge is 1.94. The summed E-state index contributed by atoms with van der Waals surface area (Å²) >= 11 is 0. The van der Waals surface area contributed by atoms with Crippen LogP contribution in [0.4, 0.5) is 0 Å². The van der Waals surface area contributed by atoms with E-state index in [0.29, 0.717) is 0 Å². The molecular weight excluding hydrogens is 148 g/mol. The summed E-state index contributed by atoms with van der Waals surface area (Å²) in [6.07, 6.45) is 5.10. The van der Waals surface area contributed by atoms with Gasteiger partial charge in [0, 0.05) is 18.0 Å². The van der Waals surface area contributed by atoms with Crippen LogP contribution in [0.1, 0.15) is 0 Å². The van der Waals surface area contributed by atoms with E-state index in [1.807, 2.05) is 24.3 Å². The van der Waals surface area contributed by atoms with Gasteiger partial charge in [-0.05, 0) is 6.07 Å². The van der Waals surface area contributed by atoms with Crippen molar-refractivity contribution in [3.8, 4) is 11.3 Å². The molecule has 12 heavy (non-hydrogen) atoms. The number of hydrogen-bond acceptors (Lipinski definition) is 2. The summed E-state index contributed by atoms with van der Waals surface area (Å²) in [4.78, 5) is 8.16. The van der Waals surface area contributed by atoms with E-state index in [0.717, 1.165) is 11.3 Å². The van der Waals surface area contributed by atoms with Crippen molar-refractivity contribution in [3.05, 3.63) is 48.9 Å². The van der Waals surface area contributed by atoms with Crippen LogP contribution in [-0.4, -0.2) is 9.97 Å². The van der Waals surface area contributed by atoms with Crippen molar-refractivity contribution in [2.75, 3.05) is 0 Å². The van der Waals surface area contributed by atoms with Crippen molar-refractivity contribution in [2.45, 2.75) is 0 Å². The van der Waals surface area contributed by atoms with Crippen LogP contribution >= 0.6 is 0 Å². The molecule has 2 nitrogen and oxygen atoms in total. The molecule has 0 amide bonds. The zero-order valence-corrected chi connectivity index (χ0v) is 6.44. The van der Waals surface area contributed by atoms with Gasteiger partial charge in [-0.15, -0.1) is 0 Å². The smallest absolute Gasteiger partial charge is 0.0885 e. The van der Waals surface area contributed by atoms with Crippen LogP contribution in [-0.2, 0) is 0 Å². The van der Waals surface area contributed by atoms with Gasteiger partial charge in [-0.25, -0.2) is 0 Å². The molecule has 0 bridgehead atoms. The average Bonchev–Trinajstić information content (AvgIpc) is 2.21. The summed E-state index contributed by atoms with van der Waals surface area (Å²) in [5, 5.41) is 0. The first kappa shape index (κ1) is 6.98. The second kappa shape index (κ2) is 3.13. The normalized spacial score (nSPS) is 9.67. The van der Waals surface area contributed by atoms with Crippen LogP contribution < -0.4 is 0 Å². The van der Waals surface area contributed by atoms with Crippen molar-refractivity contribution in [2.24, 2.45) is 0 Å². The van der Waals surface area contributed by atoms with E-state index in [1.165, 1.54) is 0 Å². The first-order valence-electron chi connectivity index (χ1n) is 3.69. The van der Waals surface area contributed by atoms with E-state index < -0.39 is 0 Å². The third-order valence-corrected chi connectivity index (χ3v) is 1.58. The van der Waals surface area contributed by atoms with Crippen LogP contribution in [0.2, 0.25) is 0 Å². The molecule has 1 aromatic carbocycles. The maximum Gasteiger partial charge on any atom is 0.0885 e. The molecule has 1 aromatic heterocycles. The molecule has 0 N–H and O–H groups in total. The number of hydrogen-bond donors (Lipinski definition) is 0. The Hall–Kier alpha value is -1.70. The molecule has 2 heteroatoms. The maximum atomic E-state index is 4.17. The fourth-order valence-corrected chi connectivity index (χ4v) is 1.01. The van der Waals surface area contributed by atoms with Crippen LogP contribution in [0.5, 0.6) is 0 Å². The monoisotopic (exact) mass is 155 g/mol. The van der Waals surface area contributed by atoms with Gasteiger partial charge in [-0.2, -0.15) is 0 Å². The summed E-state index contributed by atoms with van der Waals surface area (Å²) in [5.41, 5.74) is 1.97. The highest BCUT2D eigenvalue weighted by atomic mass is 14.8. The highest BCUT2D eigenvalue weighted by molar-refractivity contribution is 5.56. The molecule has 57 valence electrons. The molecule has 1 heterocycles. The summed E-state index contributed by atoms with van der Waals surface area (Å²) in [6.45, 7) is 0. The Balaban J connectivity index is 2.46. The van der Waals surface area contributed by atoms with Gasteiger partial charge in [0.25, 0.3) is 0 Å². The quantitative estimate of drug-likeness (QED) is 0.629. The summed E-state index contributed by atoms with van der Waals surface area (Å²) < 4.78 is 0. The Bertz CT molecular complexity index is 305. The van der Waals surface area contributed by atoms with Gasteiger partial charge in [0.1, 0.15) is 0 Å². The number of nitrogens with zero attached hydrogens (tertiary/aromatic N) is 2. The molecule has 1 radical (unpaired) electrons. The largest absolute Gasteiger partial charge is 0.261 e. The van der Waals surface area contributed by atoms with E-state index in [9.17, 15) is 0 Å². The van der Waals surface area contributed by atoms with Crippen molar-refractivity contribution < 1.29 is 0 Å². The Labute approximate surface area is 70.9 Å². The van der Waals surface area contributed by atoms with Crippen LogP contribution in [0, 0.1) is 6.07 Å². The number of aromatic nitrogens is 2. The maximum absolute atomic E-state index is 4.17. The van der Waals surface area contributed by atoms with E-state index in [2.05, 4.69) is 16.0 Å². The van der Waals surface area contributed by atoms with Crippen molar-refractivity contribution in [3.63, 3.8) is 0 Å². The van der Waals surface area contributed by atoms with Crippen LogP contribution in [0.15, 0.2) is 42.9 Å². The van der Waals surface area contributed by atoms with Crippen LogP contribution in [0.3, 0.4) is 0 Å². The fraction of sp³-hybridized carbons (Fsp3) is 0. The Kier molecular flexibility index (Phi) is 1.82. The summed E-state index contributed by atoms with van der Waals surface area (Å²) in [5.74, 6) is 0. The second-order valence-corrected chi connectivity index (χ2v) is 2.38. The molecule has 0 aliphatic rings. The Morgan fingerprint density at radius 1 is 1.08 bits per heavy atom. The SMILES string of the molecule is [c]1ccc(-c2cnccn2)cc1. The molecule has 2 aromatic rings. The molecule has 0 fully saturated rings. The van der Waals surface area contributed by atoms with Gasteiger partial charge < -0.3 is 0 Å². The molecule has 0 atom stereocenters. The van der Waals surface area contributed by atoms with E-state index >= 15 is 0 Å². The second-order valence-electron chi connectivity index (χ2n) is 2.38. The van der Waals surface area contributed by atoms with E-state index in [4.69, 9.17) is 0 Å². The predicted molar refractivity (Wildman–Crippen MR) is 46.3 cm³/mol. The lowest BCUT2D eigenvalue weighted by Gasteiger charge is -1.96. The first-order valence-corrected chi connectivity index (χ1v) is 3.69. The van der Waals surface area contributed by atoms with Gasteiger partial charge in [-0.3, -0.25) is 9.97 Å². The van der Waals surface area contributed by atoms with Gasteiger partial charge in [0.15, 0.2) is 0 Å². The highest BCUT2D eigenvalue weighted by Crippen LogP contribution is 2.12. The zero-order chi connectivity index (χ0) is 8.23. The standard InChI is InChI=1S/C10H7N2/c1-2-4-9(5-3-1)10-8-11-6-7-12-10/h2-8H. The molecular formula is C10H7N2. The lowest BCUT2D eigenvalue weighted by Crippen LogP contribution is -1.82. The van der Waals surface area contributed by atoms with E-state index in [1.54, 1.807) is 18.6 Å². The minimum Gasteiger partial charge on any atom is -0.261 e. The summed E-state index contributed by atoms with van der Waals surface area (Å²) in [6, 6.07) is 10.6. The Morgan fingerprint density at radius 2 is 1.92 bits per heavy atom. The van der Waals surface area contributed by atoms with Gasteiger partial charge in [-0.1, -0.05) is 24.3 Å². The molecule has 0 saturated heterocycles. The molecule has 2 rings (SSSR count). The van der Waals surface area contributed by atoms with Gasteiger partial charge >= 0.3 is 0 Å². The van der Waals surface area contributed by atoms with E-state index in [-0.39, 0.29) is 0 Å². The molecule has 0 saturated carbocycles. The predicted octanol–water partition coefficient (Wildman–Crippen LogP) is 1.94. The van der Waals surface area contributed by atoms with Crippen molar-refractivity contribution in [1.82, 2.24) is 9.97 Å². The fourth-order valence-electron chi connectivity index (χ4n) is 1.01. The lowest BCUT2D eigenvalue weighted by molar-refractivity contribution is 1.21. The number of rotatable bonds is 1. The first-order chi connectivity index (χ1) is 5.97. The average molecular weight is 155 g/mol. The van der Waals surface area contributed by atoms with Gasteiger partial charge in [0.05, 0.1) is 11.9 Å². The minimum atomic E-state index is 0.895. The molecule has 0 aliphatic carbocycles. The Morgan fingerprint density at radius 3 is 2.58 bits per heavy atom. The third-order valence-electron chi connectivity index (χ3n) is 1.58. The molecule has 0 spiro atoms. The summed E-state index contributed by atoms with van der Waals surface area (Å²) in [7, 11) is 0. The topological polar surface area (TPSA) is 25.8 Å². The van der Waals surface area contributed by atoms with Gasteiger partial charge in [0.2, 0.25) is 0 Å². The number of benzene rings is 1. The minimum absolute atomic E-state index is 0.895. The molecule has 0 aliphatic heterocycles. The van der Waals surface area contributed by atoms with Crippen molar-refractivity contribution >= 4 is 0 Å².